The van der Waals surface area contributed by atoms with Crippen molar-refractivity contribution in [3.8, 4) is 5.75 Å². The van der Waals surface area contributed by atoms with Crippen LogP contribution in [0.5, 0.6) is 5.75 Å². The van der Waals surface area contributed by atoms with E-state index in [1.807, 2.05) is 19.2 Å². The Hall–Kier alpha value is -1.80. The van der Waals surface area contributed by atoms with Crippen molar-refractivity contribution < 1.29 is 9.47 Å². The molecule has 1 saturated heterocycles. The Bertz CT molecular complexity index is 816. The fourth-order valence-corrected chi connectivity index (χ4v) is 4.20. The summed E-state index contributed by atoms with van der Waals surface area (Å²) in [5.74, 6) is 2.25. The van der Waals surface area contributed by atoms with E-state index in [4.69, 9.17) is 9.47 Å². The van der Waals surface area contributed by atoms with Crippen molar-refractivity contribution in [2.24, 2.45) is 10.9 Å². The molecule has 2 heterocycles. The summed E-state index contributed by atoms with van der Waals surface area (Å²) in [6, 6.07) is 17.0. The molecule has 0 amide bonds. The van der Waals surface area contributed by atoms with Crippen LogP contribution in [0, 0.1) is 12.8 Å². The maximum absolute atomic E-state index is 6.14. The first-order chi connectivity index (χ1) is 14.2. The molecule has 5 nitrogen and oxygen atoms in total. The Labute approximate surface area is 196 Å². The van der Waals surface area contributed by atoms with E-state index in [2.05, 4.69) is 58.9 Å². The van der Waals surface area contributed by atoms with E-state index in [0.29, 0.717) is 5.92 Å². The van der Waals surface area contributed by atoms with Gasteiger partial charge in [-0.25, -0.2) is 0 Å². The Morgan fingerprint density at radius 1 is 1.07 bits per heavy atom. The molecule has 2 aromatic carbocycles. The van der Waals surface area contributed by atoms with Gasteiger partial charge in [0.05, 0.1) is 12.6 Å². The highest BCUT2D eigenvalue weighted by molar-refractivity contribution is 14.0. The van der Waals surface area contributed by atoms with E-state index in [1.165, 1.54) is 16.7 Å². The molecule has 0 aliphatic carbocycles. The molecule has 3 atom stereocenters. The number of hydrogen-bond acceptors (Lipinski definition) is 3. The van der Waals surface area contributed by atoms with Crippen molar-refractivity contribution in [2.45, 2.75) is 38.4 Å². The van der Waals surface area contributed by atoms with Crippen molar-refractivity contribution in [1.29, 1.82) is 0 Å². The van der Waals surface area contributed by atoms with E-state index in [9.17, 15) is 0 Å². The van der Waals surface area contributed by atoms with Crippen molar-refractivity contribution >= 4 is 29.9 Å². The lowest BCUT2D eigenvalue weighted by atomic mass is 9.89. The lowest BCUT2D eigenvalue weighted by molar-refractivity contribution is -0.0265. The number of nitrogens with zero attached hydrogens (tertiary/aromatic N) is 1. The molecular weight excluding hydrogens is 489 g/mol. The zero-order valence-corrected chi connectivity index (χ0v) is 20.1. The predicted molar refractivity (Wildman–Crippen MR) is 132 cm³/mol. The monoisotopic (exact) mass is 521 g/mol. The first kappa shape index (κ1) is 22.9. The number of aliphatic imine (C=N–C) groups is 1. The first-order valence-corrected chi connectivity index (χ1v) is 10.6. The van der Waals surface area contributed by atoms with Gasteiger partial charge in [-0.05, 0) is 37.0 Å². The third kappa shape index (κ3) is 5.66. The standard InChI is InChI=1S/C24H31N3O2.HI/c1-17-9-11-18(12-10-17)23-20(7-5-13-28-23)15-26-24(25-2)27-16-21-14-19-6-3-4-8-22(19)29-21;/h3-4,6,8-12,20-21,23H,5,7,13-16H2,1-2H3,(H2,25,26,27);1H. The molecule has 0 aromatic heterocycles. The van der Waals surface area contributed by atoms with Crippen molar-refractivity contribution in [2.75, 3.05) is 26.7 Å². The van der Waals surface area contributed by atoms with Crippen LogP contribution in [0.3, 0.4) is 0 Å². The summed E-state index contributed by atoms with van der Waals surface area (Å²) in [7, 11) is 1.81. The van der Waals surface area contributed by atoms with E-state index in [-0.39, 0.29) is 36.2 Å². The summed E-state index contributed by atoms with van der Waals surface area (Å²) in [4.78, 5) is 4.39. The van der Waals surface area contributed by atoms with E-state index < -0.39 is 0 Å². The quantitative estimate of drug-likeness (QED) is 0.351. The third-order valence-corrected chi connectivity index (χ3v) is 5.82. The van der Waals surface area contributed by atoms with Crippen LogP contribution in [0.2, 0.25) is 0 Å². The van der Waals surface area contributed by atoms with Gasteiger partial charge in [-0.15, -0.1) is 24.0 Å². The Kier molecular flexibility index (Phi) is 8.39. The number of ether oxygens (including phenoxy) is 2. The molecule has 0 spiro atoms. The van der Waals surface area contributed by atoms with Crippen LogP contribution in [0.1, 0.15) is 35.6 Å². The smallest absolute Gasteiger partial charge is 0.191 e. The largest absolute Gasteiger partial charge is 0.488 e. The highest BCUT2D eigenvalue weighted by Crippen LogP contribution is 2.33. The van der Waals surface area contributed by atoms with Gasteiger partial charge in [-0.1, -0.05) is 48.0 Å². The summed E-state index contributed by atoms with van der Waals surface area (Å²) >= 11 is 0. The van der Waals surface area contributed by atoms with Gasteiger partial charge < -0.3 is 20.1 Å². The van der Waals surface area contributed by atoms with Gasteiger partial charge in [0.25, 0.3) is 0 Å². The molecule has 0 bridgehead atoms. The molecule has 4 rings (SSSR count). The van der Waals surface area contributed by atoms with Crippen LogP contribution in [-0.4, -0.2) is 38.8 Å². The maximum Gasteiger partial charge on any atom is 0.191 e. The Morgan fingerprint density at radius 3 is 2.60 bits per heavy atom. The van der Waals surface area contributed by atoms with Crippen LogP contribution in [0.15, 0.2) is 53.5 Å². The molecule has 6 heteroatoms. The number of fused-ring (bicyclic) bond motifs is 1. The highest BCUT2D eigenvalue weighted by Gasteiger charge is 2.28. The second-order valence-corrected chi connectivity index (χ2v) is 7.99. The summed E-state index contributed by atoms with van der Waals surface area (Å²) in [5, 5.41) is 6.92. The third-order valence-electron chi connectivity index (χ3n) is 5.82. The molecule has 3 unspecified atom stereocenters. The van der Waals surface area contributed by atoms with Crippen LogP contribution < -0.4 is 15.4 Å². The number of rotatable bonds is 5. The van der Waals surface area contributed by atoms with Gasteiger partial charge in [0, 0.05) is 32.5 Å². The molecule has 162 valence electrons. The van der Waals surface area contributed by atoms with Gasteiger partial charge in [-0.3, -0.25) is 4.99 Å². The minimum absolute atomic E-state index is 0. The molecule has 0 saturated carbocycles. The predicted octanol–water partition coefficient (Wildman–Crippen LogP) is 4.25. The van der Waals surface area contributed by atoms with Crippen LogP contribution in [0.4, 0.5) is 0 Å². The highest BCUT2D eigenvalue weighted by atomic mass is 127. The lowest BCUT2D eigenvalue weighted by Crippen LogP contribution is -2.45. The lowest BCUT2D eigenvalue weighted by Gasteiger charge is -2.32. The number of aryl methyl sites for hydroxylation is 1. The maximum atomic E-state index is 6.14. The van der Waals surface area contributed by atoms with Crippen LogP contribution in [0.25, 0.3) is 0 Å². The number of para-hydroxylation sites is 1. The van der Waals surface area contributed by atoms with Gasteiger partial charge in [0.1, 0.15) is 11.9 Å². The van der Waals surface area contributed by atoms with Crippen LogP contribution in [-0.2, 0) is 11.2 Å². The average molecular weight is 521 g/mol. The Balaban J connectivity index is 0.00000256. The summed E-state index contributed by atoms with van der Waals surface area (Å²) in [6.45, 7) is 4.52. The van der Waals surface area contributed by atoms with E-state index in [1.54, 1.807) is 0 Å². The van der Waals surface area contributed by atoms with Crippen molar-refractivity contribution in [3.05, 3.63) is 65.2 Å². The number of guanidine groups is 1. The molecule has 2 aromatic rings. The van der Waals surface area contributed by atoms with Crippen molar-refractivity contribution in [3.63, 3.8) is 0 Å². The van der Waals surface area contributed by atoms with Crippen LogP contribution >= 0.6 is 24.0 Å². The number of benzene rings is 2. The molecule has 30 heavy (non-hydrogen) atoms. The topological polar surface area (TPSA) is 54.9 Å². The van der Waals surface area contributed by atoms with Gasteiger partial charge >= 0.3 is 0 Å². The molecule has 2 N–H and O–H groups in total. The summed E-state index contributed by atoms with van der Waals surface area (Å²) < 4.78 is 12.2. The zero-order valence-electron chi connectivity index (χ0n) is 17.8. The van der Waals surface area contributed by atoms with E-state index >= 15 is 0 Å². The minimum Gasteiger partial charge on any atom is -0.488 e. The summed E-state index contributed by atoms with van der Waals surface area (Å²) in [6.07, 6.45) is 3.48. The second kappa shape index (κ2) is 11.0. The fourth-order valence-electron chi connectivity index (χ4n) is 4.20. The minimum atomic E-state index is 0. The van der Waals surface area contributed by atoms with Gasteiger partial charge in [0.2, 0.25) is 0 Å². The molecule has 1 fully saturated rings. The van der Waals surface area contributed by atoms with E-state index in [0.717, 1.165) is 50.7 Å². The first-order valence-electron chi connectivity index (χ1n) is 10.6. The SMILES string of the molecule is CN=C(NCC1Cc2ccccc2O1)NCC1CCCOC1c1ccc(C)cc1.I. The van der Waals surface area contributed by atoms with Gasteiger partial charge in [0.15, 0.2) is 5.96 Å². The fraction of sp³-hybridized carbons (Fsp3) is 0.458. The zero-order chi connectivity index (χ0) is 20.1. The Morgan fingerprint density at radius 2 is 1.83 bits per heavy atom. The number of nitrogens with one attached hydrogen (secondary N) is 2. The number of hydrogen-bond donors (Lipinski definition) is 2. The number of halogens is 1. The molecule has 2 aliphatic heterocycles. The summed E-state index contributed by atoms with van der Waals surface area (Å²) in [5.41, 5.74) is 3.82. The molecule has 2 aliphatic rings. The van der Waals surface area contributed by atoms with Crippen molar-refractivity contribution in [1.82, 2.24) is 10.6 Å². The van der Waals surface area contributed by atoms with Gasteiger partial charge in [-0.2, -0.15) is 0 Å². The normalized spacial score (nSPS) is 23.1. The average Bonchev–Trinajstić information content (AvgIpc) is 3.18. The molecular formula is C24H32IN3O2. The second-order valence-electron chi connectivity index (χ2n) is 7.99. The molecule has 0 radical (unpaired) electrons.